The van der Waals surface area contributed by atoms with Gasteiger partial charge in [0.15, 0.2) is 46.0 Å². The van der Waals surface area contributed by atoms with Gasteiger partial charge in [0.2, 0.25) is 0 Å². The quantitative estimate of drug-likeness (QED) is 0.0197. The monoisotopic (exact) mass is 1590 g/mol. The van der Waals surface area contributed by atoms with Crippen LogP contribution in [0.5, 0.6) is 46.0 Å². The van der Waals surface area contributed by atoms with E-state index in [4.69, 9.17) is 112 Å². The maximum Gasteiger partial charge on any atom is 0.308 e. The van der Waals surface area contributed by atoms with Gasteiger partial charge in [0.25, 0.3) is 0 Å². The predicted molar refractivity (Wildman–Crippen MR) is 419 cm³/mol. The van der Waals surface area contributed by atoms with Crippen molar-refractivity contribution in [2.24, 2.45) is 0 Å². The second kappa shape index (κ2) is 52.8. The van der Waals surface area contributed by atoms with Crippen LogP contribution in [-0.2, 0) is 139 Å². The number of carbonyl (C=O) groups is 4. The summed E-state index contributed by atoms with van der Waals surface area (Å²) >= 11 is 0. The van der Waals surface area contributed by atoms with Gasteiger partial charge in [0, 0.05) is 52.5 Å². The lowest BCUT2D eigenvalue weighted by Gasteiger charge is -2.22. The summed E-state index contributed by atoms with van der Waals surface area (Å²) in [5.74, 6) is 1.32. The van der Waals surface area contributed by atoms with Crippen molar-refractivity contribution in [2.45, 2.75) is 143 Å². The summed E-state index contributed by atoms with van der Waals surface area (Å²) < 4.78 is 107. The number of hydrogen-bond acceptors (Lipinski definition) is 29. The van der Waals surface area contributed by atoms with Gasteiger partial charge < -0.3 is 80.5 Å². The second-order valence-corrected chi connectivity index (χ2v) is 26.1. The molecule has 0 spiro atoms. The Kier molecular flexibility index (Phi) is 41.8. The molecule has 0 aliphatic heterocycles. The van der Waals surface area contributed by atoms with Crippen molar-refractivity contribution in [3.8, 4) is 46.0 Å². The molecular formula is C78H102B4N12O21. The highest BCUT2D eigenvalue weighted by molar-refractivity contribution is 6.09. The molecule has 33 nitrogen and oxygen atoms in total. The average Bonchev–Trinajstić information content (AvgIpc) is 1.41. The van der Waals surface area contributed by atoms with E-state index in [2.05, 4.69) is 41.2 Å². The predicted octanol–water partition coefficient (Wildman–Crippen LogP) is 5.46. The third kappa shape index (κ3) is 36.0. The summed E-state index contributed by atoms with van der Waals surface area (Å²) in [6.45, 7) is 12.8. The molecule has 0 amide bonds. The number of benzene rings is 4. The molecular weight excluding hydrogens is 1480 g/mol. The summed E-state index contributed by atoms with van der Waals surface area (Å²) in [5.41, 5.74) is 6.54. The molecule has 2 atom stereocenters. The Morgan fingerprint density at radius 1 is 0.304 bits per heavy atom. The van der Waals surface area contributed by atoms with Crippen LogP contribution in [0.3, 0.4) is 0 Å². The van der Waals surface area contributed by atoms with Crippen molar-refractivity contribution >= 4 is 55.3 Å². The van der Waals surface area contributed by atoms with Crippen molar-refractivity contribution in [2.75, 3.05) is 132 Å². The Morgan fingerprint density at radius 3 is 0.800 bits per heavy atom. The molecule has 0 aliphatic rings. The van der Waals surface area contributed by atoms with E-state index >= 15 is 0 Å². The molecule has 2 unspecified atom stereocenters. The molecule has 8 aromatic rings. The Morgan fingerprint density at radius 2 is 0.548 bits per heavy atom. The molecule has 8 radical (unpaired) electrons. The van der Waals surface area contributed by atoms with Gasteiger partial charge in [0.1, 0.15) is 12.2 Å². The molecule has 4 heterocycles. The summed E-state index contributed by atoms with van der Waals surface area (Å²) in [4.78, 5) is 46.6. The van der Waals surface area contributed by atoms with Crippen LogP contribution >= 0.6 is 0 Å². The molecule has 0 N–H and O–H groups in total. The standard InChI is InChI=1S/C78H102B4N12O21/c1-57(95)112-71-17-13-61(45-79)41-75(71)108-25-5-9-65-49-91(87-83-65)21-29-99-33-35-103-53-69(106-39-37-101-31-23-93-51-67(85-89-93)11-7-27-110-77-43-63(47-81)15-19-73(77)114-59(3)97)55-105-56-70(107-40-38-102-32-24-94-52-68(86-90-94)12-8-28-111-78-44-64(48-82)16-20-74(78)115-60(4)98)54-104-36-34-100-30-22-92-50-66(84-88-92)10-6-26-109-76-42-62(46-80)14-18-72(76)113-58(2)96/h13-20,41-44,49-52,69-70H,5-12,21-40,45-48,53-56H2,1-4H3. The van der Waals surface area contributed by atoms with E-state index in [-0.39, 0.29) is 66.1 Å². The Bertz CT molecular complexity index is 3900. The minimum atomic E-state index is -0.511. The van der Waals surface area contributed by atoms with E-state index in [0.29, 0.717) is 215 Å². The Hall–Kier alpha value is -9.58. The number of carbonyl (C=O) groups excluding carboxylic acids is 4. The highest BCUT2D eigenvalue weighted by atomic mass is 16.6. The van der Waals surface area contributed by atoms with E-state index < -0.39 is 36.1 Å². The van der Waals surface area contributed by atoms with Crippen LogP contribution in [0.1, 0.15) is 98.4 Å². The van der Waals surface area contributed by atoms with Gasteiger partial charge >= 0.3 is 23.9 Å². The van der Waals surface area contributed by atoms with Crippen LogP contribution < -0.4 is 37.9 Å². The smallest absolute Gasteiger partial charge is 0.308 e. The number of nitrogens with zero attached hydrogens (tertiary/aromatic N) is 12. The molecule has 115 heavy (non-hydrogen) atoms. The lowest BCUT2D eigenvalue weighted by Crippen LogP contribution is -2.32. The Balaban J connectivity index is 0.786. The maximum atomic E-state index is 11.7. The van der Waals surface area contributed by atoms with Crippen molar-refractivity contribution in [3.05, 3.63) is 143 Å². The summed E-state index contributed by atoms with van der Waals surface area (Å²) in [5, 5.41) is 34.3. The molecule has 612 valence electrons. The van der Waals surface area contributed by atoms with E-state index in [0.717, 1.165) is 45.0 Å². The fourth-order valence-electron chi connectivity index (χ4n) is 11.0. The van der Waals surface area contributed by atoms with Gasteiger partial charge in [-0.25, -0.2) is 18.7 Å². The van der Waals surface area contributed by atoms with Gasteiger partial charge in [0.05, 0.1) is 212 Å². The van der Waals surface area contributed by atoms with E-state index in [1.807, 2.05) is 24.8 Å². The molecule has 4 aromatic heterocycles. The zero-order chi connectivity index (χ0) is 81.5. The van der Waals surface area contributed by atoms with Crippen LogP contribution in [0.25, 0.3) is 0 Å². The first-order valence-corrected chi connectivity index (χ1v) is 38.5. The molecule has 4 aromatic carbocycles. The van der Waals surface area contributed by atoms with Crippen molar-refractivity contribution < 1.29 is 99.7 Å². The number of hydrogen-bond donors (Lipinski definition) is 0. The normalized spacial score (nSPS) is 11.9. The zero-order valence-corrected chi connectivity index (χ0v) is 66.1. The van der Waals surface area contributed by atoms with Crippen LogP contribution in [-0.4, -0.2) is 260 Å². The van der Waals surface area contributed by atoms with E-state index in [1.165, 1.54) is 27.7 Å². The molecule has 0 bridgehead atoms. The number of aryl methyl sites for hydroxylation is 4. The third-order valence-electron chi connectivity index (χ3n) is 16.7. The highest BCUT2D eigenvalue weighted by Gasteiger charge is 2.19. The SMILES string of the molecule is [B]Cc1ccc(OC(C)=O)c(OCCCc2cn(CCOCCOCC(COCC(COCCOCCn3cc(CCCOc4cc(C[B])ccc4OC(C)=O)nn3)OCCOCCn3cc(CCCOc4cc(C[B])ccc4OC(C)=O)nn3)OCCOCCn3cc(CCCOc4cc(C[B])ccc4OC(C)=O)nn3)nn2)c1. The zero-order valence-electron chi connectivity index (χ0n) is 66.1. The second-order valence-electron chi connectivity index (χ2n) is 26.1. The minimum Gasteiger partial charge on any atom is -0.490 e. The van der Waals surface area contributed by atoms with Crippen LogP contribution in [0, 0.1) is 0 Å². The van der Waals surface area contributed by atoms with Crippen LogP contribution in [0.2, 0.25) is 0 Å². The lowest BCUT2D eigenvalue weighted by atomic mass is 9.97. The fraction of sp³-hybridized carbons (Fsp3) is 0.538. The van der Waals surface area contributed by atoms with E-state index in [9.17, 15) is 19.2 Å². The van der Waals surface area contributed by atoms with Crippen molar-refractivity contribution in [1.29, 1.82) is 0 Å². The number of aromatic nitrogens is 12. The van der Waals surface area contributed by atoms with Gasteiger partial charge in [-0.2, -0.15) is 0 Å². The first kappa shape index (κ1) is 90.9. The summed E-state index contributed by atoms with van der Waals surface area (Å²) in [7, 11) is 23.3. The summed E-state index contributed by atoms with van der Waals surface area (Å²) in [6.07, 6.45) is 12.7. The first-order chi connectivity index (χ1) is 56.1. The number of rotatable bonds is 62. The fourth-order valence-corrected chi connectivity index (χ4v) is 11.0. The largest absolute Gasteiger partial charge is 0.490 e. The topological polar surface area (TPSA) is 348 Å². The highest BCUT2D eigenvalue weighted by Crippen LogP contribution is 2.33. The van der Waals surface area contributed by atoms with Crippen molar-refractivity contribution in [3.63, 3.8) is 0 Å². The molecule has 0 fully saturated rings. The first-order valence-electron chi connectivity index (χ1n) is 38.5. The van der Waals surface area contributed by atoms with Gasteiger partial charge in [-0.1, -0.05) is 92.7 Å². The van der Waals surface area contributed by atoms with Crippen LogP contribution in [0.15, 0.2) is 97.6 Å². The molecule has 0 aliphatic carbocycles. The molecule has 0 saturated carbocycles. The third-order valence-corrected chi connectivity index (χ3v) is 16.7. The maximum absolute atomic E-state index is 11.7. The van der Waals surface area contributed by atoms with Gasteiger partial charge in [-0.15, -0.1) is 20.4 Å². The van der Waals surface area contributed by atoms with Gasteiger partial charge in [-0.3, -0.25) is 19.2 Å². The number of ether oxygens (including phenoxy) is 17. The van der Waals surface area contributed by atoms with E-state index in [1.54, 1.807) is 91.5 Å². The lowest BCUT2D eigenvalue weighted by molar-refractivity contribution is -0.132. The summed E-state index contributed by atoms with van der Waals surface area (Å²) in [6, 6.07) is 20.9. The van der Waals surface area contributed by atoms with Crippen LogP contribution in [0.4, 0.5) is 0 Å². The molecule has 37 heteroatoms. The number of esters is 4. The minimum absolute atomic E-state index is 0.143. The van der Waals surface area contributed by atoms with Gasteiger partial charge in [-0.05, 0) is 99.9 Å². The molecule has 8 rings (SSSR count). The Labute approximate surface area is 675 Å². The average molecular weight is 1590 g/mol. The molecule has 0 saturated heterocycles. The van der Waals surface area contributed by atoms with Crippen molar-refractivity contribution in [1.82, 2.24) is 60.0 Å².